The van der Waals surface area contributed by atoms with Crippen molar-refractivity contribution in [2.75, 3.05) is 0 Å². The van der Waals surface area contributed by atoms with E-state index in [0.29, 0.717) is 5.02 Å². The van der Waals surface area contributed by atoms with Crippen molar-refractivity contribution in [2.24, 2.45) is 0 Å². The number of carbonyl (C=O) groups is 1. The molecule has 0 fully saturated rings. The van der Waals surface area contributed by atoms with Crippen molar-refractivity contribution in [2.45, 2.75) is 13.3 Å². The van der Waals surface area contributed by atoms with Crippen molar-refractivity contribution in [3.05, 3.63) is 34.3 Å². The number of halogens is 1. The Hall–Kier alpha value is -1.02. The van der Waals surface area contributed by atoms with Crippen molar-refractivity contribution in [1.29, 1.82) is 0 Å². The van der Waals surface area contributed by atoms with Crippen LogP contribution in [-0.2, 0) is 11.2 Å². The van der Waals surface area contributed by atoms with Crippen LogP contribution in [0.5, 0.6) is 0 Å². The SMILES string of the molecule is Cc1cc(CC(=O)[O-])ccc1Cl. The van der Waals surface area contributed by atoms with E-state index in [1.54, 1.807) is 18.2 Å². The van der Waals surface area contributed by atoms with Gasteiger partial charge in [-0.1, -0.05) is 23.7 Å². The van der Waals surface area contributed by atoms with Crippen LogP contribution in [0.4, 0.5) is 0 Å². The second-order valence-corrected chi connectivity index (χ2v) is 3.04. The maximum absolute atomic E-state index is 10.2. The lowest BCUT2D eigenvalue weighted by atomic mass is 10.1. The van der Waals surface area contributed by atoms with Gasteiger partial charge in [-0.3, -0.25) is 0 Å². The average molecular weight is 184 g/mol. The van der Waals surface area contributed by atoms with E-state index >= 15 is 0 Å². The molecule has 64 valence electrons. The van der Waals surface area contributed by atoms with Crippen molar-refractivity contribution >= 4 is 17.6 Å². The highest BCUT2D eigenvalue weighted by Crippen LogP contribution is 2.16. The first kappa shape index (κ1) is 9.07. The fourth-order valence-electron chi connectivity index (χ4n) is 0.983. The van der Waals surface area contributed by atoms with Crippen LogP contribution < -0.4 is 5.11 Å². The Bertz CT molecular complexity index is 307. The second-order valence-electron chi connectivity index (χ2n) is 2.63. The van der Waals surface area contributed by atoms with Gasteiger partial charge in [0.2, 0.25) is 0 Å². The minimum Gasteiger partial charge on any atom is -0.550 e. The first-order chi connectivity index (χ1) is 5.59. The second kappa shape index (κ2) is 3.59. The molecule has 0 heterocycles. The van der Waals surface area contributed by atoms with E-state index in [0.717, 1.165) is 11.1 Å². The van der Waals surface area contributed by atoms with Gasteiger partial charge in [-0.15, -0.1) is 0 Å². The monoisotopic (exact) mass is 183 g/mol. The van der Waals surface area contributed by atoms with Gasteiger partial charge in [-0.25, -0.2) is 0 Å². The van der Waals surface area contributed by atoms with E-state index in [1.165, 1.54) is 0 Å². The Morgan fingerprint density at radius 1 is 1.58 bits per heavy atom. The molecule has 1 aromatic carbocycles. The highest BCUT2D eigenvalue weighted by molar-refractivity contribution is 6.31. The molecular formula is C9H8ClO2-. The normalized spacial score (nSPS) is 9.83. The van der Waals surface area contributed by atoms with Gasteiger partial charge >= 0.3 is 0 Å². The molecule has 0 bridgehead atoms. The van der Waals surface area contributed by atoms with Crippen LogP contribution in [0.1, 0.15) is 11.1 Å². The molecule has 0 atom stereocenters. The first-order valence-corrected chi connectivity index (χ1v) is 3.92. The third kappa shape index (κ3) is 2.24. The van der Waals surface area contributed by atoms with Gasteiger partial charge < -0.3 is 9.90 Å². The summed E-state index contributed by atoms with van der Waals surface area (Å²) in [6.07, 6.45) is -0.0575. The minimum absolute atomic E-state index is 0.0575. The molecule has 3 heteroatoms. The molecule has 0 aliphatic rings. The predicted octanol–water partition coefficient (Wildman–Crippen LogP) is 0.941. The molecule has 1 aromatic rings. The zero-order valence-electron chi connectivity index (χ0n) is 6.63. The third-order valence-corrected chi connectivity index (χ3v) is 1.99. The van der Waals surface area contributed by atoms with Crippen LogP contribution in [0.15, 0.2) is 18.2 Å². The highest BCUT2D eigenvalue weighted by atomic mass is 35.5. The number of aliphatic carboxylic acids is 1. The third-order valence-electron chi connectivity index (χ3n) is 1.57. The molecule has 0 spiro atoms. The quantitative estimate of drug-likeness (QED) is 0.685. The minimum atomic E-state index is -1.07. The molecule has 0 N–H and O–H groups in total. The summed E-state index contributed by atoms with van der Waals surface area (Å²) in [4.78, 5) is 10.2. The van der Waals surface area contributed by atoms with Crippen LogP contribution in [0.25, 0.3) is 0 Å². The lowest BCUT2D eigenvalue weighted by Crippen LogP contribution is -2.24. The van der Waals surface area contributed by atoms with E-state index in [9.17, 15) is 9.90 Å². The van der Waals surface area contributed by atoms with E-state index < -0.39 is 5.97 Å². The standard InChI is InChI=1S/C9H9ClO2/c1-6-4-7(5-9(11)12)2-3-8(6)10/h2-4H,5H2,1H3,(H,11,12)/p-1. The molecule has 0 saturated heterocycles. The maximum atomic E-state index is 10.2. The molecule has 0 saturated carbocycles. The van der Waals surface area contributed by atoms with E-state index in [1.807, 2.05) is 6.92 Å². The number of benzene rings is 1. The van der Waals surface area contributed by atoms with Crippen LogP contribution in [0.2, 0.25) is 5.02 Å². The lowest BCUT2D eigenvalue weighted by Gasteiger charge is -2.04. The zero-order chi connectivity index (χ0) is 9.14. The molecule has 0 aromatic heterocycles. The molecule has 0 aliphatic carbocycles. The Morgan fingerprint density at radius 3 is 2.75 bits per heavy atom. The number of carboxylic acids is 1. The smallest absolute Gasteiger partial charge is 0.0458 e. The molecule has 12 heavy (non-hydrogen) atoms. The number of hydrogen-bond acceptors (Lipinski definition) is 2. The van der Waals surface area contributed by atoms with Crippen LogP contribution in [0.3, 0.4) is 0 Å². The molecule has 2 nitrogen and oxygen atoms in total. The van der Waals surface area contributed by atoms with Crippen molar-refractivity contribution in [3.63, 3.8) is 0 Å². The molecule has 0 unspecified atom stereocenters. The number of aryl methyl sites for hydroxylation is 1. The molecular weight excluding hydrogens is 176 g/mol. The summed E-state index contributed by atoms with van der Waals surface area (Å²) in [5.41, 5.74) is 1.60. The fraction of sp³-hybridized carbons (Fsp3) is 0.222. The summed E-state index contributed by atoms with van der Waals surface area (Å²) in [6, 6.07) is 5.12. The molecule has 0 aliphatic heterocycles. The van der Waals surface area contributed by atoms with E-state index in [4.69, 9.17) is 11.6 Å². The summed E-state index contributed by atoms with van der Waals surface area (Å²) in [7, 11) is 0. The summed E-state index contributed by atoms with van der Waals surface area (Å²) in [5, 5.41) is 10.9. The summed E-state index contributed by atoms with van der Waals surface area (Å²) < 4.78 is 0. The Balaban J connectivity index is 2.89. The number of hydrogen-bond donors (Lipinski definition) is 0. The molecule has 0 amide bonds. The molecule has 0 radical (unpaired) electrons. The summed E-state index contributed by atoms with van der Waals surface area (Å²) in [5.74, 6) is -1.07. The Labute approximate surface area is 75.8 Å². The average Bonchev–Trinajstić information content (AvgIpc) is 1.96. The molecule has 1 rings (SSSR count). The number of carboxylic acid groups (broad SMARTS) is 1. The van der Waals surface area contributed by atoms with Gasteiger partial charge in [0.05, 0.1) is 0 Å². The van der Waals surface area contributed by atoms with Crippen LogP contribution in [-0.4, -0.2) is 5.97 Å². The summed E-state index contributed by atoms with van der Waals surface area (Å²) in [6.45, 7) is 1.83. The van der Waals surface area contributed by atoms with Gasteiger partial charge in [0.25, 0.3) is 0 Å². The van der Waals surface area contributed by atoms with Crippen molar-refractivity contribution in [1.82, 2.24) is 0 Å². The van der Waals surface area contributed by atoms with Gasteiger partial charge in [-0.05, 0) is 24.1 Å². The number of rotatable bonds is 2. The predicted molar refractivity (Wildman–Crippen MR) is 44.9 cm³/mol. The van der Waals surface area contributed by atoms with Crippen molar-refractivity contribution in [3.8, 4) is 0 Å². The zero-order valence-corrected chi connectivity index (χ0v) is 7.39. The Morgan fingerprint density at radius 2 is 2.25 bits per heavy atom. The number of carbonyl (C=O) groups excluding carboxylic acids is 1. The van der Waals surface area contributed by atoms with E-state index in [2.05, 4.69) is 0 Å². The topological polar surface area (TPSA) is 40.1 Å². The van der Waals surface area contributed by atoms with Gasteiger partial charge in [0, 0.05) is 17.4 Å². The fourth-order valence-corrected chi connectivity index (χ4v) is 1.10. The highest BCUT2D eigenvalue weighted by Gasteiger charge is 1.97. The Kier molecular flexibility index (Phi) is 2.71. The maximum Gasteiger partial charge on any atom is 0.0458 e. The van der Waals surface area contributed by atoms with Gasteiger partial charge in [0.15, 0.2) is 0 Å². The van der Waals surface area contributed by atoms with Crippen LogP contribution in [0, 0.1) is 6.92 Å². The first-order valence-electron chi connectivity index (χ1n) is 3.54. The summed E-state index contributed by atoms with van der Waals surface area (Å²) >= 11 is 5.75. The van der Waals surface area contributed by atoms with Crippen LogP contribution >= 0.6 is 11.6 Å². The largest absolute Gasteiger partial charge is 0.550 e. The van der Waals surface area contributed by atoms with Crippen molar-refractivity contribution < 1.29 is 9.90 Å². The lowest BCUT2D eigenvalue weighted by molar-refractivity contribution is -0.304. The van der Waals surface area contributed by atoms with Gasteiger partial charge in [-0.2, -0.15) is 0 Å². The van der Waals surface area contributed by atoms with Gasteiger partial charge in [0.1, 0.15) is 0 Å². The van der Waals surface area contributed by atoms with E-state index in [-0.39, 0.29) is 6.42 Å².